The van der Waals surface area contributed by atoms with Crippen molar-refractivity contribution in [2.75, 3.05) is 13.1 Å². The minimum atomic E-state index is 0.851. The predicted molar refractivity (Wildman–Crippen MR) is 71.0 cm³/mol. The zero-order chi connectivity index (χ0) is 11.2. The Morgan fingerprint density at radius 2 is 2.25 bits per heavy atom. The fourth-order valence-corrected chi connectivity index (χ4v) is 2.79. The Morgan fingerprint density at radius 1 is 1.38 bits per heavy atom. The predicted octanol–water partition coefficient (Wildman–Crippen LogP) is 2.54. The molecule has 0 amide bonds. The number of aryl methyl sites for hydroxylation is 1. The molecule has 2 nitrogen and oxygen atoms in total. The highest BCUT2D eigenvalue weighted by molar-refractivity contribution is 7.10. The second kappa shape index (κ2) is 6.38. The number of nitrogens with one attached hydrogen (secondary N) is 2. The van der Waals surface area contributed by atoms with E-state index in [0.29, 0.717) is 0 Å². The standard InChI is InChI=1S/C13H22N2S/c1-2-11-6-9-16-13(11)10-14-7-3-8-15-12-4-5-12/h6,9,12,14-15H,2-5,7-8,10H2,1H3. The third-order valence-electron chi connectivity index (χ3n) is 3.04. The van der Waals surface area contributed by atoms with Crippen LogP contribution in [0.2, 0.25) is 0 Å². The van der Waals surface area contributed by atoms with Gasteiger partial charge in [-0.2, -0.15) is 0 Å². The summed E-state index contributed by atoms with van der Waals surface area (Å²) >= 11 is 1.87. The molecule has 1 saturated carbocycles. The Kier molecular flexibility index (Phi) is 4.82. The van der Waals surface area contributed by atoms with Crippen LogP contribution in [0.15, 0.2) is 11.4 Å². The molecule has 3 heteroatoms. The quantitative estimate of drug-likeness (QED) is 0.680. The van der Waals surface area contributed by atoms with E-state index >= 15 is 0 Å². The second-order valence-corrected chi connectivity index (χ2v) is 5.48. The minimum Gasteiger partial charge on any atom is -0.314 e. The molecule has 16 heavy (non-hydrogen) atoms. The van der Waals surface area contributed by atoms with Crippen molar-refractivity contribution < 1.29 is 0 Å². The zero-order valence-electron chi connectivity index (χ0n) is 10.1. The molecule has 1 aromatic heterocycles. The van der Waals surface area contributed by atoms with Crippen molar-refractivity contribution in [2.45, 2.75) is 45.2 Å². The first-order valence-corrected chi connectivity index (χ1v) is 7.27. The summed E-state index contributed by atoms with van der Waals surface area (Å²) in [4.78, 5) is 1.51. The normalized spacial score (nSPS) is 15.6. The molecule has 0 bridgehead atoms. The Bertz CT molecular complexity index is 305. The van der Waals surface area contributed by atoms with Gasteiger partial charge in [0.25, 0.3) is 0 Å². The minimum absolute atomic E-state index is 0.851. The maximum Gasteiger partial charge on any atom is 0.0302 e. The van der Waals surface area contributed by atoms with Crippen LogP contribution in [0.3, 0.4) is 0 Å². The summed E-state index contributed by atoms with van der Waals surface area (Å²) in [5, 5.41) is 9.26. The number of rotatable bonds is 8. The molecule has 0 radical (unpaired) electrons. The Balaban J connectivity index is 1.53. The molecule has 1 heterocycles. The second-order valence-electron chi connectivity index (χ2n) is 4.48. The van der Waals surface area contributed by atoms with Crippen LogP contribution in [0.25, 0.3) is 0 Å². The molecule has 1 aromatic rings. The molecule has 0 saturated heterocycles. The summed E-state index contributed by atoms with van der Waals surface area (Å²) in [5.41, 5.74) is 1.51. The van der Waals surface area contributed by atoms with Crippen molar-refractivity contribution >= 4 is 11.3 Å². The van der Waals surface area contributed by atoms with Crippen LogP contribution in [0.5, 0.6) is 0 Å². The van der Waals surface area contributed by atoms with Gasteiger partial charge in [0, 0.05) is 17.5 Å². The van der Waals surface area contributed by atoms with Gasteiger partial charge in [0.1, 0.15) is 0 Å². The molecule has 0 unspecified atom stereocenters. The van der Waals surface area contributed by atoms with Gasteiger partial charge in [0.2, 0.25) is 0 Å². The molecular weight excluding hydrogens is 216 g/mol. The van der Waals surface area contributed by atoms with E-state index in [4.69, 9.17) is 0 Å². The number of thiophene rings is 1. The van der Waals surface area contributed by atoms with Crippen LogP contribution in [0.1, 0.15) is 36.6 Å². The van der Waals surface area contributed by atoms with Gasteiger partial charge in [-0.15, -0.1) is 11.3 Å². The van der Waals surface area contributed by atoms with Crippen LogP contribution in [0, 0.1) is 0 Å². The molecule has 1 aliphatic rings. The van der Waals surface area contributed by atoms with E-state index in [1.165, 1.54) is 36.2 Å². The maximum absolute atomic E-state index is 3.54. The Morgan fingerprint density at radius 3 is 3.00 bits per heavy atom. The average molecular weight is 238 g/mol. The van der Waals surface area contributed by atoms with Crippen LogP contribution < -0.4 is 10.6 Å². The summed E-state index contributed by atoms with van der Waals surface area (Å²) in [7, 11) is 0. The first-order chi connectivity index (χ1) is 7.90. The van der Waals surface area contributed by atoms with Gasteiger partial charge >= 0.3 is 0 Å². The maximum atomic E-state index is 3.54. The molecule has 0 atom stereocenters. The van der Waals surface area contributed by atoms with Gasteiger partial charge in [0.05, 0.1) is 0 Å². The lowest BCUT2D eigenvalue weighted by Crippen LogP contribution is -2.23. The van der Waals surface area contributed by atoms with Crippen LogP contribution in [-0.4, -0.2) is 19.1 Å². The van der Waals surface area contributed by atoms with Gasteiger partial charge in [-0.3, -0.25) is 0 Å². The van der Waals surface area contributed by atoms with E-state index in [-0.39, 0.29) is 0 Å². The van der Waals surface area contributed by atoms with Gasteiger partial charge in [0.15, 0.2) is 0 Å². The Labute approximate surface area is 102 Å². The van der Waals surface area contributed by atoms with Gasteiger partial charge < -0.3 is 10.6 Å². The molecule has 1 fully saturated rings. The first-order valence-electron chi connectivity index (χ1n) is 6.39. The first kappa shape index (κ1) is 12.1. The molecule has 1 aliphatic carbocycles. The van der Waals surface area contributed by atoms with Crippen LogP contribution >= 0.6 is 11.3 Å². The van der Waals surface area contributed by atoms with E-state index in [9.17, 15) is 0 Å². The van der Waals surface area contributed by atoms with E-state index in [0.717, 1.165) is 25.6 Å². The van der Waals surface area contributed by atoms with E-state index in [2.05, 4.69) is 29.0 Å². The molecule has 2 N–H and O–H groups in total. The van der Waals surface area contributed by atoms with Crippen molar-refractivity contribution in [2.24, 2.45) is 0 Å². The largest absolute Gasteiger partial charge is 0.314 e. The lowest BCUT2D eigenvalue weighted by molar-refractivity contribution is 0.594. The fourth-order valence-electron chi connectivity index (χ4n) is 1.85. The Hall–Kier alpha value is -0.380. The van der Waals surface area contributed by atoms with Gasteiger partial charge in [-0.05, 0) is 55.8 Å². The van der Waals surface area contributed by atoms with Crippen molar-refractivity contribution in [3.63, 3.8) is 0 Å². The van der Waals surface area contributed by atoms with Gasteiger partial charge in [-0.1, -0.05) is 6.92 Å². The molecule has 0 aliphatic heterocycles. The smallest absolute Gasteiger partial charge is 0.0302 e. The molecular formula is C13H22N2S. The van der Waals surface area contributed by atoms with Crippen LogP contribution in [0.4, 0.5) is 0 Å². The van der Waals surface area contributed by atoms with E-state index < -0.39 is 0 Å². The van der Waals surface area contributed by atoms with Crippen molar-refractivity contribution in [3.05, 3.63) is 21.9 Å². The average Bonchev–Trinajstić information content (AvgIpc) is 3.01. The van der Waals surface area contributed by atoms with Crippen molar-refractivity contribution in [3.8, 4) is 0 Å². The summed E-state index contributed by atoms with van der Waals surface area (Å²) < 4.78 is 0. The molecule has 0 aromatic carbocycles. The van der Waals surface area contributed by atoms with E-state index in [1.54, 1.807) is 0 Å². The summed E-state index contributed by atoms with van der Waals surface area (Å²) in [6, 6.07) is 3.10. The third kappa shape index (κ3) is 3.89. The monoisotopic (exact) mass is 238 g/mol. The van der Waals surface area contributed by atoms with E-state index in [1.807, 2.05) is 11.3 Å². The SMILES string of the molecule is CCc1ccsc1CNCCCNC1CC1. The fraction of sp³-hybridized carbons (Fsp3) is 0.692. The van der Waals surface area contributed by atoms with Crippen LogP contribution in [-0.2, 0) is 13.0 Å². The highest BCUT2D eigenvalue weighted by Crippen LogP contribution is 2.18. The summed E-state index contributed by atoms with van der Waals surface area (Å²) in [6.07, 6.45) is 5.18. The van der Waals surface area contributed by atoms with Crippen molar-refractivity contribution in [1.29, 1.82) is 0 Å². The molecule has 90 valence electrons. The number of hydrogen-bond acceptors (Lipinski definition) is 3. The summed E-state index contributed by atoms with van der Waals surface area (Å²) in [6.45, 7) is 5.57. The molecule has 0 spiro atoms. The highest BCUT2D eigenvalue weighted by Gasteiger charge is 2.19. The van der Waals surface area contributed by atoms with Crippen molar-refractivity contribution in [1.82, 2.24) is 10.6 Å². The third-order valence-corrected chi connectivity index (χ3v) is 4.01. The summed E-state index contributed by atoms with van der Waals surface area (Å²) in [5.74, 6) is 0. The lowest BCUT2D eigenvalue weighted by atomic mass is 10.2. The number of hydrogen-bond donors (Lipinski definition) is 2. The lowest BCUT2D eigenvalue weighted by Gasteiger charge is -2.05. The highest BCUT2D eigenvalue weighted by atomic mass is 32.1. The zero-order valence-corrected chi connectivity index (χ0v) is 10.9. The topological polar surface area (TPSA) is 24.1 Å². The van der Waals surface area contributed by atoms with Gasteiger partial charge in [-0.25, -0.2) is 0 Å². The molecule has 2 rings (SSSR count).